The normalized spacial score (nSPS) is 9.43. The van der Waals surface area contributed by atoms with E-state index in [1.54, 1.807) is 6.20 Å². The van der Waals surface area contributed by atoms with E-state index in [1.807, 2.05) is 12.1 Å². The number of pyridine rings is 1. The van der Waals surface area contributed by atoms with E-state index in [-0.39, 0.29) is 6.61 Å². The molecule has 74 valence electrons. The quantitative estimate of drug-likeness (QED) is 0.708. The summed E-state index contributed by atoms with van der Waals surface area (Å²) in [5.74, 6) is 3.11. The van der Waals surface area contributed by atoms with Crippen molar-refractivity contribution in [3.05, 3.63) is 24.0 Å². The van der Waals surface area contributed by atoms with Crippen LogP contribution in [-0.2, 0) is 6.54 Å². The third-order valence-electron chi connectivity index (χ3n) is 1.68. The number of hydrogen-bond acceptors (Lipinski definition) is 3. The summed E-state index contributed by atoms with van der Waals surface area (Å²) in [5.41, 5.74) is 1.000. The highest BCUT2D eigenvalue weighted by molar-refractivity contribution is 5.20. The number of ether oxygens (including phenoxy) is 1. The summed E-state index contributed by atoms with van der Waals surface area (Å²) in [6.07, 6.45) is 6.75. The Labute approximate surface area is 84.5 Å². The van der Waals surface area contributed by atoms with E-state index in [4.69, 9.17) is 11.2 Å². The van der Waals surface area contributed by atoms with Gasteiger partial charge in [0.25, 0.3) is 0 Å². The summed E-state index contributed by atoms with van der Waals surface area (Å²) in [6, 6.07) is 3.80. The zero-order valence-corrected chi connectivity index (χ0v) is 8.29. The van der Waals surface area contributed by atoms with E-state index in [0.717, 1.165) is 18.8 Å². The van der Waals surface area contributed by atoms with Crippen LogP contribution >= 0.6 is 0 Å². The van der Waals surface area contributed by atoms with Crippen molar-refractivity contribution in [1.29, 1.82) is 0 Å². The second-order valence-corrected chi connectivity index (χ2v) is 2.76. The minimum atomic E-state index is 0.286. The molecule has 0 radical (unpaired) electrons. The van der Waals surface area contributed by atoms with E-state index in [1.165, 1.54) is 0 Å². The third kappa shape index (κ3) is 3.46. The maximum absolute atomic E-state index is 5.20. The van der Waals surface area contributed by atoms with Crippen molar-refractivity contribution in [2.45, 2.75) is 13.5 Å². The van der Waals surface area contributed by atoms with Crippen molar-refractivity contribution in [3.63, 3.8) is 0 Å². The van der Waals surface area contributed by atoms with Gasteiger partial charge in [-0.3, -0.25) is 4.98 Å². The molecule has 1 heterocycles. The highest BCUT2D eigenvalue weighted by Crippen LogP contribution is 2.08. The molecule has 1 N–H and O–H groups in total. The molecule has 1 rings (SSSR count). The smallest absolute Gasteiger partial charge is 0.148 e. The molecule has 0 amide bonds. The fourth-order valence-corrected chi connectivity index (χ4v) is 0.979. The fourth-order valence-electron chi connectivity index (χ4n) is 0.979. The van der Waals surface area contributed by atoms with Crippen LogP contribution in [0.15, 0.2) is 18.3 Å². The first-order valence-corrected chi connectivity index (χ1v) is 4.58. The van der Waals surface area contributed by atoms with E-state index in [0.29, 0.717) is 5.75 Å². The van der Waals surface area contributed by atoms with Crippen molar-refractivity contribution < 1.29 is 4.74 Å². The summed E-state index contributed by atoms with van der Waals surface area (Å²) >= 11 is 0. The summed E-state index contributed by atoms with van der Waals surface area (Å²) in [7, 11) is 0. The molecule has 0 bridgehead atoms. The molecule has 1 aromatic rings. The Morgan fingerprint density at radius 1 is 1.57 bits per heavy atom. The Morgan fingerprint density at radius 3 is 3.00 bits per heavy atom. The van der Waals surface area contributed by atoms with Gasteiger partial charge in [0.15, 0.2) is 0 Å². The first-order chi connectivity index (χ1) is 6.86. The zero-order valence-electron chi connectivity index (χ0n) is 8.29. The van der Waals surface area contributed by atoms with Gasteiger partial charge in [-0.25, -0.2) is 0 Å². The Balaban J connectivity index is 2.47. The zero-order chi connectivity index (χ0) is 10.2. The molecule has 1 aromatic heterocycles. The first kappa shape index (κ1) is 10.6. The lowest BCUT2D eigenvalue weighted by Crippen LogP contribution is -2.12. The van der Waals surface area contributed by atoms with Gasteiger partial charge in [0.1, 0.15) is 12.4 Å². The van der Waals surface area contributed by atoms with E-state index in [2.05, 4.69) is 23.1 Å². The van der Waals surface area contributed by atoms with Crippen molar-refractivity contribution in [1.82, 2.24) is 10.3 Å². The lowest BCUT2D eigenvalue weighted by atomic mass is 10.3. The molecule has 3 nitrogen and oxygen atoms in total. The Kier molecular flexibility index (Phi) is 4.53. The highest BCUT2D eigenvalue weighted by Gasteiger charge is 1.95. The van der Waals surface area contributed by atoms with Crippen LogP contribution in [0.1, 0.15) is 12.6 Å². The number of rotatable bonds is 5. The average molecular weight is 190 g/mol. The molecule has 0 aromatic carbocycles. The van der Waals surface area contributed by atoms with Crippen LogP contribution in [0.5, 0.6) is 5.75 Å². The molecular weight excluding hydrogens is 176 g/mol. The Bertz CT molecular complexity index is 300. The molecule has 0 aliphatic rings. The van der Waals surface area contributed by atoms with Crippen LogP contribution in [-0.4, -0.2) is 18.1 Å². The summed E-state index contributed by atoms with van der Waals surface area (Å²) in [4.78, 5) is 4.21. The van der Waals surface area contributed by atoms with Crippen LogP contribution in [0.3, 0.4) is 0 Å². The number of terminal acetylenes is 1. The van der Waals surface area contributed by atoms with Crippen LogP contribution in [0.25, 0.3) is 0 Å². The maximum atomic E-state index is 5.20. The van der Waals surface area contributed by atoms with Crippen LogP contribution in [0.4, 0.5) is 0 Å². The standard InChI is InChI=1S/C11H14N2O/c1-3-7-14-11-6-5-10(13-9-11)8-12-4-2/h1,5-6,9,12H,4,7-8H2,2H3. The van der Waals surface area contributed by atoms with Gasteiger partial charge >= 0.3 is 0 Å². The van der Waals surface area contributed by atoms with Crippen LogP contribution < -0.4 is 10.1 Å². The molecule has 0 atom stereocenters. The molecule has 0 fully saturated rings. The maximum Gasteiger partial charge on any atom is 0.148 e. The average Bonchev–Trinajstić information content (AvgIpc) is 2.25. The fraction of sp³-hybridized carbons (Fsp3) is 0.364. The molecular formula is C11H14N2O. The second kappa shape index (κ2) is 6.01. The van der Waals surface area contributed by atoms with Crippen LogP contribution in [0.2, 0.25) is 0 Å². The molecule has 0 spiro atoms. The highest BCUT2D eigenvalue weighted by atomic mass is 16.5. The van der Waals surface area contributed by atoms with Gasteiger partial charge in [0.2, 0.25) is 0 Å². The molecule has 0 saturated heterocycles. The topological polar surface area (TPSA) is 34.1 Å². The van der Waals surface area contributed by atoms with Crippen molar-refractivity contribution in [2.75, 3.05) is 13.2 Å². The summed E-state index contributed by atoms with van der Waals surface area (Å²) < 4.78 is 5.20. The number of nitrogens with zero attached hydrogens (tertiary/aromatic N) is 1. The minimum absolute atomic E-state index is 0.286. The van der Waals surface area contributed by atoms with Gasteiger partial charge in [-0.1, -0.05) is 12.8 Å². The minimum Gasteiger partial charge on any atom is -0.479 e. The van der Waals surface area contributed by atoms with Gasteiger partial charge in [0.05, 0.1) is 11.9 Å². The molecule has 0 saturated carbocycles. The van der Waals surface area contributed by atoms with Gasteiger partial charge in [-0.05, 0) is 18.7 Å². The number of nitrogens with one attached hydrogen (secondary N) is 1. The second-order valence-electron chi connectivity index (χ2n) is 2.76. The van der Waals surface area contributed by atoms with Crippen molar-refractivity contribution in [2.24, 2.45) is 0 Å². The largest absolute Gasteiger partial charge is 0.479 e. The predicted molar refractivity (Wildman–Crippen MR) is 55.9 cm³/mol. The van der Waals surface area contributed by atoms with E-state index >= 15 is 0 Å². The molecule has 0 aliphatic heterocycles. The molecule has 0 unspecified atom stereocenters. The van der Waals surface area contributed by atoms with Gasteiger partial charge < -0.3 is 10.1 Å². The summed E-state index contributed by atoms with van der Waals surface area (Å²) in [6.45, 7) is 4.07. The number of aromatic nitrogens is 1. The number of hydrogen-bond donors (Lipinski definition) is 1. The van der Waals surface area contributed by atoms with Gasteiger partial charge in [-0.2, -0.15) is 0 Å². The predicted octanol–water partition coefficient (Wildman–Crippen LogP) is 1.20. The molecule has 0 aliphatic carbocycles. The van der Waals surface area contributed by atoms with Gasteiger partial charge in [-0.15, -0.1) is 6.42 Å². The van der Waals surface area contributed by atoms with Crippen molar-refractivity contribution >= 4 is 0 Å². The lowest BCUT2D eigenvalue weighted by Gasteiger charge is -2.03. The lowest BCUT2D eigenvalue weighted by molar-refractivity contribution is 0.368. The van der Waals surface area contributed by atoms with Gasteiger partial charge in [0, 0.05) is 6.54 Å². The Hall–Kier alpha value is -1.53. The Morgan fingerprint density at radius 2 is 2.43 bits per heavy atom. The van der Waals surface area contributed by atoms with Crippen LogP contribution in [0, 0.1) is 12.3 Å². The third-order valence-corrected chi connectivity index (χ3v) is 1.68. The monoisotopic (exact) mass is 190 g/mol. The summed E-state index contributed by atoms with van der Waals surface area (Å²) in [5, 5.41) is 3.19. The van der Waals surface area contributed by atoms with E-state index < -0.39 is 0 Å². The first-order valence-electron chi connectivity index (χ1n) is 4.58. The molecule has 14 heavy (non-hydrogen) atoms. The SMILES string of the molecule is C#CCOc1ccc(CNCC)nc1. The molecule has 3 heteroatoms. The van der Waals surface area contributed by atoms with E-state index in [9.17, 15) is 0 Å². The van der Waals surface area contributed by atoms with Crippen molar-refractivity contribution in [3.8, 4) is 18.1 Å².